The van der Waals surface area contributed by atoms with Crippen molar-refractivity contribution in [1.82, 2.24) is 14.5 Å². The Labute approximate surface area is 180 Å². The maximum Gasteiger partial charge on any atom is 0.263 e. The highest BCUT2D eigenvalue weighted by Crippen LogP contribution is 2.34. The van der Waals surface area contributed by atoms with Crippen LogP contribution in [0.3, 0.4) is 0 Å². The largest absolute Gasteiger partial charge is 0.306 e. The van der Waals surface area contributed by atoms with Crippen molar-refractivity contribution in [3.63, 3.8) is 0 Å². The molecule has 0 aliphatic carbocycles. The molecule has 30 heavy (non-hydrogen) atoms. The minimum Gasteiger partial charge on any atom is -0.306 e. The van der Waals surface area contributed by atoms with Crippen molar-refractivity contribution in [2.45, 2.75) is 25.8 Å². The monoisotopic (exact) mass is 415 g/mol. The predicted molar refractivity (Wildman–Crippen MR) is 125 cm³/mol. The molecular formula is C25H25N3OS. The molecule has 2 aromatic heterocycles. The van der Waals surface area contributed by atoms with Crippen molar-refractivity contribution in [2.24, 2.45) is 0 Å². The summed E-state index contributed by atoms with van der Waals surface area (Å²) in [4.78, 5) is 22.1. The number of nitrogens with zero attached hydrogens (tertiary/aromatic N) is 3. The number of likely N-dealkylation sites (tertiary alicyclic amines) is 1. The van der Waals surface area contributed by atoms with Crippen LogP contribution >= 0.6 is 11.3 Å². The van der Waals surface area contributed by atoms with Gasteiger partial charge in [0.05, 0.1) is 5.39 Å². The van der Waals surface area contributed by atoms with Crippen LogP contribution in [0.15, 0.2) is 64.8 Å². The zero-order valence-electron chi connectivity index (χ0n) is 17.3. The first-order chi connectivity index (χ1) is 14.6. The van der Waals surface area contributed by atoms with Crippen LogP contribution in [0.5, 0.6) is 0 Å². The molecule has 0 bridgehead atoms. The SMILES string of the molecule is Cc1ccc(-c2nc3scc(-c4ccccc4)c3c(=O)n2C2CCN(C)CC2)cc1. The maximum atomic E-state index is 13.9. The van der Waals surface area contributed by atoms with E-state index >= 15 is 0 Å². The molecule has 0 N–H and O–H groups in total. The summed E-state index contributed by atoms with van der Waals surface area (Å²) in [6, 6.07) is 18.7. The number of rotatable bonds is 3. The quantitative estimate of drug-likeness (QED) is 0.452. The zero-order chi connectivity index (χ0) is 20.7. The smallest absolute Gasteiger partial charge is 0.263 e. The van der Waals surface area contributed by atoms with Crippen molar-refractivity contribution in [3.8, 4) is 22.5 Å². The van der Waals surface area contributed by atoms with Crippen molar-refractivity contribution in [2.75, 3.05) is 20.1 Å². The Morgan fingerprint density at radius 2 is 1.67 bits per heavy atom. The van der Waals surface area contributed by atoms with E-state index < -0.39 is 0 Å². The predicted octanol–water partition coefficient (Wildman–Crippen LogP) is 5.37. The highest BCUT2D eigenvalue weighted by molar-refractivity contribution is 7.17. The van der Waals surface area contributed by atoms with Crippen LogP contribution in [0.1, 0.15) is 24.4 Å². The minimum atomic E-state index is 0.0882. The standard InChI is InChI=1S/C25H25N3OS/c1-17-8-10-19(11-9-17)23-26-24-22(21(16-30-24)18-6-4-3-5-7-18)25(29)28(23)20-12-14-27(2)15-13-20/h3-11,16,20H,12-15H2,1-2H3. The molecule has 5 heteroatoms. The van der Waals surface area contributed by atoms with Gasteiger partial charge in [0, 0.05) is 22.5 Å². The molecule has 4 nitrogen and oxygen atoms in total. The molecule has 1 fully saturated rings. The summed E-state index contributed by atoms with van der Waals surface area (Å²) in [5, 5.41) is 2.83. The third-order valence-electron chi connectivity index (χ3n) is 6.09. The molecule has 0 amide bonds. The Hall–Kier alpha value is -2.76. The highest BCUT2D eigenvalue weighted by Gasteiger charge is 2.25. The molecule has 1 aliphatic heterocycles. The number of aromatic nitrogens is 2. The van der Waals surface area contributed by atoms with Gasteiger partial charge in [0.1, 0.15) is 10.7 Å². The Bertz CT molecular complexity index is 1230. The van der Waals surface area contributed by atoms with Crippen LogP contribution in [0.4, 0.5) is 0 Å². The normalized spacial score (nSPS) is 15.7. The molecule has 0 spiro atoms. The van der Waals surface area contributed by atoms with Crippen molar-refractivity contribution < 1.29 is 0 Å². The molecule has 1 aliphatic rings. The first kappa shape index (κ1) is 19.2. The van der Waals surface area contributed by atoms with Crippen LogP contribution in [0, 0.1) is 6.92 Å². The molecule has 0 radical (unpaired) electrons. The van der Waals surface area contributed by atoms with Gasteiger partial charge in [-0.1, -0.05) is 60.2 Å². The molecule has 0 atom stereocenters. The third kappa shape index (κ3) is 3.38. The Morgan fingerprint density at radius 1 is 0.967 bits per heavy atom. The first-order valence-electron chi connectivity index (χ1n) is 10.5. The van der Waals surface area contributed by atoms with E-state index in [0.717, 1.165) is 58.7 Å². The number of hydrogen-bond acceptors (Lipinski definition) is 4. The average Bonchev–Trinajstić information content (AvgIpc) is 3.20. The second kappa shape index (κ2) is 7.82. The van der Waals surface area contributed by atoms with Gasteiger partial charge in [0.25, 0.3) is 5.56 Å². The summed E-state index contributed by atoms with van der Waals surface area (Å²) in [5.74, 6) is 0.795. The molecular weight excluding hydrogens is 390 g/mol. The number of piperidine rings is 1. The van der Waals surface area contributed by atoms with Gasteiger partial charge >= 0.3 is 0 Å². The minimum absolute atomic E-state index is 0.0882. The lowest BCUT2D eigenvalue weighted by Crippen LogP contribution is -2.36. The highest BCUT2D eigenvalue weighted by atomic mass is 32.1. The summed E-state index contributed by atoms with van der Waals surface area (Å²) in [7, 11) is 2.15. The van der Waals surface area contributed by atoms with Crippen LogP contribution < -0.4 is 5.56 Å². The van der Waals surface area contributed by atoms with E-state index in [-0.39, 0.29) is 11.6 Å². The van der Waals surface area contributed by atoms with E-state index in [0.29, 0.717) is 0 Å². The number of benzene rings is 2. The Balaban J connectivity index is 1.75. The van der Waals surface area contributed by atoms with Crippen LogP contribution in [-0.4, -0.2) is 34.6 Å². The lowest BCUT2D eigenvalue weighted by molar-refractivity contribution is 0.219. The van der Waals surface area contributed by atoms with E-state index in [2.05, 4.69) is 60.6 Å². The van der Waals surface area contributed by atoms with Gasteiger partial charge in [-0.15, -0.1) is 11.3 Å². The number of hydrogen-bond donors (Lipinski definition) is 0. The molecule has 2 aromatic carbocycles. The molecule has 152 valence electrons. The lowest BCUT2D eigenvalue weighted by atomic mass is 10.0. The maximum absolute atomic E-state index is 13.9. The lowest BCUT2D eigenvalue weighted by Gasteiger charge is -2.31. The summed E-state index contributed by atoms with van der Waals surface area (Å²) in [5.41, 5.74) is 4.36. The van der Waals surface area contributed by atoms with Gasteiger partial charge in [-0.2, -0.15) is 0 Å². The molecule has 5 rings (SSSR count). The number of fused-ring (bicyclic) bond motifs is 1. The number of thiophene rings is 1. The van der Waals surface area contributed by atoms with E-state index in [1.165, 1.54) is 5.56 Å². The fourth-order valence-electron chi connectivity index (χ4n) is 4.33. The Morgan fingerprint density at radius 3 is 2.37 bits per heavy atom. The van der Waals surface area contributed by atoms with Crippen molar-refractivity contribution in [3.05, 3.63) is 75.9 Å². The average molecular weight is 416 g/mol. The Kier molecular flexibility index (Phi) is 5.01. The fourth-order valence-corrected chi connectivity index (χ4v) is 5.27. The summed E-state index contributed by atoms with van der Waals surface area (Å²) < 4.78 is 1.99. The molecule has 3 heterocycles. The van der Waals surface area contributed by atoms with Crippen molar-refractivity contribution >= 4 is 21.6 Å². The summed E-state index contributed by atoms with van der Waals surface area (Å²) >= 11 is 1.56. The molecule has 0 unspecified atom stereocenters. The fraction of sp³-hybridized carbons (Fsp3) is 0.280. The first-order valence-corrected chi connectivity index (χ1v) is 11.3. The van der Waals surface area contributed by atoms with Gasteiger partial charge in [0.15, 0.2) is 0 Å². The summed E-state index contributed by atoms with van der Waals surface area (Å²) in [6.07, 6.45) is 1.93. The van der Waals surface area contributed by atoms with Gasteiger partial charge in [-0.3, -0.25) is 9.36 Å². The van der Waals surface area contributed by atoms with Crippen molar-refractivity contribution in [1.29, 1.82) is 0 Å². The van der Waals surface area contributed by atoms with Gasteiger partial charge in [0.2, 0.25) is 0 Å². The second-order valence-electron chi connectivity index (χ2n) is 8.21. The molecule has 0 saturated carbocycles. The second-order valence-corrected chi connectivity index (χ2v) is 9.06. The van der Waals surface area contributed by atoms with Crippen LogP contribution in [0.2, 0.25) is 0 Å². The molecule has 1 saturated heterocycles. The van der Waals surface area contributed by atoms with E-state index in [1.54, 1.807) is 11.3 Å². The van der Waals surface area contributed by atoms with Gasteiger partial charge < -0.3 is 4.90 Å². The zero-order valence-corrected chi connectivity index (χ0v) is 18.2. The van der Waals surface area contributed by atoms with Gasteiger partial charge in [-0.05, 0) is 45.5 Å². The topological polar surface area (TPSA) is 38.1 Å². The van der Waals surface area contributed by atoms with Crippen LogP contribution in [-0.2, 0) is 0 Å². The van der Waals surface area contributed by atoms with Gasteiger partial charge in [-0.25, -0.2) is 4.98 Å². The van der Waals surface area contributed by atoms with E-state index in [4.69, 9.17) is 4.98 Å². The third-order valence-corrected chi connectivity index (χ3v) is 6.96. The molecule has 4 aromatic rings. The number of aryl methyl sites for hydroxylation is 1. The van der Waals surface area contributed by atoms with E-state index in [9.17, 15) is 4.79 Å². The van der Waals surface area contributed by atoms with Crippen LogP contribution in [0.25, 0.3) is 32.7 Å². The van der Waals surface area contributed by atoms with E-state index in [1.807, 2.05) is 22.8 Å². The summed E-state index contributed by atoms with van der Waals surface area (Å²) in [6.45, 7) is 4.07.